The summed E-state index contributed by atoms with van der Waals surface area (Å²) in [5.74, 6) is 1.63. The molecule has 2 aromatic rings. The summed E-state index contributed by atoms with van der Waals surface area (Å²) < 4.78 is 10.7. The molecule has 1 saturated heterocycles. The number of benzene rings is 2. The van der Waals surface area contributed by atoms with Crippen LogP contribution in [0.2, 0.25) is 5.02 Å². The van der Waals surface area contributed by atoms with Gasteiger partial charge in [0.1, 0.15) is 0 Å². The molecule has 1 aliphatic rings. The third-order valence-electron chi connectivity index (χ3n) is 4.61. The van der Waals surface area contributed by atoms with Crippen molar-refractivity contribution >= 4 is 17.5 Å². The standard InChI is InChI=1S/C20H22ClNO3/c1-24-18-8-6-14(12-19(18)25-2)11-17-7-9-20(23)22(17)13-15-4-3-5-16(21)10-15/h3-6,8,10,12,17H,7,9,11,13H2,1-2H3/t17-/m0/s1. The van der Waals surface area contributed by atoms with E-state index in [9.17, 15) is 4.79 Å². The zero-order valence-electron chi connectivity index (χ0n) is 14.5. The van der Waals surface area contributed by atoms with E-state index in [2.05, 4.69) is 0 Å². The number of hydrogen-bond acceptors (Lipinski definition) is 3. The van der Waals surface area contributed by atoms with Gasteiger partial charge in [-0.2, -0.15) is 0 Å². The maximum atomic E-state index is 12.3. The Kier molecular flexibility index (Phi) is 5.49. The maximum Gasteiger partial charge on any atom is 0.223 e. The molecule has 0 N–H and O–H groups in total. The molecule has 1 amide bonds. The van der Waals surface area contributed by atoms with Crippen molar-refractivity contribution in [3.63, 3.8) is 0 Å². The van der Waals surface area contributed by atoms with Gasteiger partial charge in [0.2, 0.25) is 5.91 Å². The lowest BCUT2D eigenvalue weighted by molar-refractivity contribution is -0.129. The fourth-order valence-corrected chi connectivity index (χ4v) is 3.55. The summed E-state index contributed by atoms with van der Waals surface area (Å²) in [6.45, 7) is 0.595. The predicted octanol–water partition coefficient (Wildman–Crippen LogP) is 4.09. The van der Waals surface area contributed by atoms with E-state index in [-0.39, 0.29) is 11.9 Å². The molecule has 1 atom stereocenters. The van der Waals surface area contributed by atoms with E-state index in [1.807, 2.05) is 47.4 Å². The van der Waals surface area contributed by atoms with Crippen LogP contribution in [0.5, 0.6) is 11.5 Å². The van der Waals surface area contributed by atoms with Crippen LogP contribution in [0.25, 0.3) is 0 Å². The Labute approximate surface area is 153 Å². The molecule has 5 heteroatoms. The highest BCUT2D eigenvalue weighted by atomic mass is 35.5. The number of methoxy groups -OCH3 is 2. The lowest BCUT2D eigenvalue weighted by Crippen LogP contribution is -2.33. The second-order valence-corrected chi connectivity index (χ2v) is 6.67. The van der Waals surface area contributed by atoms with Crippen LogP contribution in [0.15, 0.2) is 42.5 Å². The molecule has 0 aromatic heterocycles. The lowest BCUT2D eigenvalue weighted by Gasteiger charge is -2.25. The fraction of sp³-hybridized carbons (Fsp3) is 0.350. The molecule has 0 aliphatic carbocycles. The Balaban J connectivity index is 1.75. The minimum Gasteiger partial charge on any atom is -0.493 e. The Morgan fingerprint density at radius 3 is 2.60 bits per heavy atom. The van der Waals surface area contributed by atoms with Crippen molar-refractivity contribution in [1.29, 1.82) is 0 Å². The van der Waals surface area contributed by atoms with Crippen LogP contribution < -0.4 is 9.47 Å². The minimum absolute atomic E-state index is 0.185. The van der Waals surface area contributed by atoms with Crippen LogP contribution in [0, 0.1) is 0 Å². The van der Waals surface area contributed by atoms with E-state index in [4.69, 9.17) is 21.1 Å². The molecule has 4 nitrogen and oxygen atoms in total. The van der Waals surface area contributed by atoms with Gasteiger partial charge in [0.25, 0.3) is 0 Å². The van der Waals surface area contributed by atoms with Crippen LogP contribution in [0.4, 0.5) is 0 Å². The van der Waals surface area contributed by atoms with Crippen LogP contribution >= 0.6 is 11.6 Å². The highest BCUT2D eigenvalue weighted by Gasteiger charge is 2.31. The number of halogens is 1. The van der Waals surface area contributed by atoms with E-state index >= 15 is 0 Å². The van der Waals surface area contributed by atoms with Gasteiger partial charge < -0.3 is 14.4 Å². The molecule has 25 heavy (non-hydrogen) atoms. The summed E-state index contributed by atoms with van der Waals surface area (Å²) in [6.07, 6.45) is 2.26. The zero-order valence-corrected chi connectivity index (χ0v) is 15.3. The Morgan fingerprint density at radius 1 is 1.08 bits per heavy atom. The molecule has 3 rings (SSSR count). The Hall–Kier alpha value is -2.20. The molecule has 132 valence electrons. The summed E-state index contributed by atoms with van der Waals surface area (Å²) in [7, 11) is 3.26. The number of amides is 1. The zero-order chi connectivity index (χ0) is 17.8. The largest absolute Gasteiger partial charge is 0.493 e. The monoisotopic (exact) mass is 359 g/mol. The Bertz CT molecular complexity index is 762. The van der Waals surface area contributed by atoms with Crippen molar-refractivity contribution in [3.05, 3.63) is 58.6 Å². The third-order valence-corrected chi connectivity index (χ3v) is 4.85. The average molecular weight is 360 g/mol. The first-order valence-corrected chi connectivity index (χ1v) is 8.73. The van der Waals surface area contributed by atoms with Gasteiger partial charge in [0, 0.05) is 24.0 Å². The van der Waals surface area contributed by atoms with Gasteiger partial charge in [-0.25, -0.2) is 0 Å². The molecule has 0 saturated carbocycles. The molecular formula is C20H22ClNO3. The number of ether oxygens (including phenoxy) is 2. The van der Waals surface area contributed by atoms with Gasteiger partial charge in [0.05, 0.1) is 14.2 Å². The molecule has 1 aliphatic heterocycles. The van der Waals surface area contributed by atoms with Crippen LogP contribution in [0.1, 0.15) is 24.0 Å². The number of carbonyl (C=O) groups excluding carboxylic acids is 1. The van der Waals surface area contributed by atoms with Gasteiger partial charge in [-0.15, -0.1) is 0 Å². The van der Waals surface area contributed by atoms with Crippen molar-refractivity contribution < 1.29 is 14.3 Å². The molecule has 1 fully saturated rings. The molecule has 0 radical (unpaired) electrons. The number of carbonyl (C=O) groups is 1. The van der Waals surface area contributed by atoms with E-state index < -0.39 is 0 Å². The first kappa shape index (κ1) is 17.6. The Morgan fingerprint density at radius 2 is 1.88 bits per heavy atom. The van der Waals surface area contributed by atoms with Crippen LogP contribution in [0.3, 0.4) is 0 Å². The fourth-order valence-electron chi connectivity index (χ4n) is 3.33. The van der Waals surface area contributed by atoms with Crippen LogP contribution in [-0.4, -0.2) is 31.1 Å². The summed E-state index contributed by atoms with van der Waals surface area (Å²) in [5.41, 5.74) is 2.19. The van der Waals surface area contributed by atoms with Crippen molar-refractivity contribution in [2.24, 2.45) is 0 Å². The van der Waals surface area contributed by atoms with Gasteiger partial charge in [-0.3, -0.25) is 4.79 Å². The van der Waals surface area contributed by atoms with Crippen molar-refractivity contribution in [2.75, 3.05) is 14.2 Å². The molecular weight excluding hydrogens is 338 g/mol. The third kappa shape index (κ3) is 4.07. The average Bonchev–Trinajstić information content (AvgIpc) is 2.95. The summed E-state index contributed by atoms with van der Waals surface area (Å²) in [4.78, 5) is 14.3. The number of hydrogen-bond donors (Lipinski definition) is 0. The lowest BCUT2D eigenvalue weighted by atomic mass is 10.0. The van der Waals surface area contributed by atoms with E-state index in [0.717, 1.165) is 24.0 Å². The molecule has 0 unspecified atom stereocenters. The normalized spacial score (nSPS) is 17.0. The first-order chi connectivity index (χ1) is 12.1. The quantitative estimate of drug-likeness (QED) is 0.779. The molecule has 0 bridgehead atoms. The second-order valence-electron chi connectivity index (χ2n) is 6.24. The maximum absolute atomic E-state index is 12.3. The topological polar surface area (TPSA) is 38.8 Å². The smallest absolute Gasteiger partial charge is 0.223 e. The van der Waals surface area contributed by atoms with Gasteiger partial charge in [0.15, 0.2) is 11.5 Å². The van der Waals surface area contributed by atoms with Gasteiger partial charge in [-0.1, -0.05) is 29.8 Å². The first-order valence-electron chi connectivity index (χ1n) is 8.35. The number of likely N-dealkylation sites (tertiary alicyclic amines) is 1. The second kappa shape index (κ2) is 7.79. The van der Waals surface area contributed by atoms with Gasteiger partial charge in [-0.05, 0) is 48.2 Å². The minimum atomic E-state index is 0.185. The molecule has 1 heterocycles. The summed E-state index contributed by atoms with van der Waals surface area (Å²) in [6, 6.07) is 13.8. The van der Waals surface area contributed by atoms with Crippen LogP contribution in [-0.2, 0) is 17.8 Å². The molecule has 2 aromatic carbocycles. The van der Waals surface area contributed by atoms with Crippen molar-refractivity contribution in [2.45, 2.75) is 31.8 Å². The van der Waals surface area contributed by atoms with Crippen molar-refractivity contribution in [3.8, 4) is 11.5 Å². The highest BCUT2D eigenvalue weighted by molar-refractivity contribution is 6.30. The molecule has 0 spiro atoms. The van der Waals surface area contributed by atoms with E-state index in [1.165, 1.54) is 0 Å². The summed E-state index contributed by atoms with van der Waals surface area (Å²) in [5, 5.41) is 0.695. The number of nitrogens with zero attached hydrogens (tertiary/aromatic N) is 1. The summed E-state index contributed by atoms with van der Waals surface area (Å²) >= 11 is 6.07. The van der Waals surface area contributed by atoms with E-state index in [0.29, 0.717) is 29.5 Å². The SMILES string of the molecule is COc1ccc(C[C@@H]2CCC(=O)N2Cc2cccc(Cl)c2)cc1OC. The van der Waals surface area contributed by atoms with Gasteiger partial charge >= 0.3 is 0 Å². The van der Waals surface area contributed by atoms with Crippen molar-refractivity contribution in [1.82, 2.24) is 4.90 Å². The van der Waals surface area contributed by atoms with E-state index in [1.54, 1.807) is 14.2 Å². The predicted molar refractivity (Wildman–Crippen MR) is 98.3 cm³/mol. The number of rotatable bonds is 6. The highest BCUT2D eigenvalue weighted by Crippen LogP contribution is 2.30.